The molecule has 1 aliphatic rings. The minimum atomic E-state index is -2.86. The fourth-order valence-electron chi connectivity index (χ4n) is 2.21. The van der Waals surface area contributed by atoms with Crippen LogP contribution in [0.15, 0.2) is 29.2 Å². The topological polar surface area (TPSA) is 60.2 Å². The predicted octanol–water partition coefficient (Wildman–Crippen LogP) is 1.86. The summed E-state index contributed by atoms with van der Waals surface area (Å²) in [6, 6.07) is 8.44. The van der Waals surface area contributed by atoms with Crippen molar-refractivity contribution >= 4 is 21.6 Å². The third-order valence-electron chi connectivity index (χ3n) is 3.20. The van der Waals surface area contributed by atoms with Crippen molar-refractivity contribution in [2.24, 2.45) is 5.73 Å². The highest BCUT2D eigenvalue weighted by atomic mass is 32.2. The van der Waals surface area contributed by atoms with Crippen LogP contribution in [0.2, 0.25) is 0 Å². The van der Waals surface area contributed by atoms with Gasteiger partial charge in [-0.2, -0.15) is 0 Å². The quantitative estimate of drug-likeness (QED) is 0.897. The Labute approximate surface area is 113 Å². The van der Waals surface area contributed by atoms with Gasteiger partial charge in [0, 0.05) is 28.2 Å². The van der Waals surface area contributed by atoms with Crippen molar-refractivity contribution in [3.63, 3.8) is 0 Å². The van der Waals surface area contributed by atoms with E-state index in [4.69, 9.17) is 5.73 Å². The van der Waals surface area contributed by atoms with Crippen molar-refractivity contribution in [2.75, 3.05) is 12.0 Å². The SMILES string of the molecule is CS(=O)(=O)CCCC(N)C1Cc2ccccc2S1. The molecule has 18 heavy (non-hydrogen) atoms. The highest BCUT2D eigenvalue weighted by molar-refractivity contribution is 8.00. The maximum absolute atomic E-state index is 11.1. The van der Waals surface area contributed by atoms with E-state index in [9.17, 15) is 8.42 Å². The van der Waals surface area contributed by atoms with Gasteiger partial charge in [-0.3, -0.25) is 0 Å². The molecule has 0 amide bonds. The zero-order valence-electron chi connectivity index (χ0n) is 10.5. The number of rotatable bonds is 5. The Morgan fingerprint density at radius 2 is 2.17 bits per heavy atom. The largest absolute Gasteiger partial charge is 0.327 e. The zero-order valence-corrected chi connectivity index (χ0v) is 12.1. The summed E-state index contributed by atoms with van der Waals surface area (Å²) < 4.78 is 22.1. The van der Waals surface area contributed by atoms with E-state index in [0.29, 0.717) is 11.7 Å². The Morgan fingerprint density at radius 1 is 1.44 bits per heavy atom. The monoisotopic (exact) mass is 285 g/mol. The smallest absolute Gasteiger partial charge is 0.147 e. The van der Waals surface area contributed by atoms with Crippen molar-refractivity contribution in [1.29, 1.82) is 0 Å². The summed E-state index contributed by atoms with van der Waals surface area (Å²) in [5, 5.41) is 0.391. The summed E-state index contributed by atoms with van der Waals surface area (Å²) in [7, 11) is -2.86. The third kappa shape index (κ3) is 3.73. The molecule has 1 aliphatic heterocycles. The van der Waals surface area contributed by atoms with Gasteiger partial charge in [0.05, 0.1) is 0 Å². The zero-order chi connectivity index (χ0) is 13.2. The van der Waals surface area contributed by atoms with Crippen LogP contribution in [0.3, 0.4) is 0 Å². The lowest BCUT2D eigenvalue weighted by molar-refractivity contribution is 0.566. The van der Waals surface area contributed by atoms with Gasteiger partial charge < -0.3 is 5.73 Å². The normalized spacial score (nSPS) is 20.7. The van der Waals surface area contributed by atoms with E-state index in [1.807, 2.05) is 17.8 Å². The van der Waals surface area contributed by atoms with Crippen LogP contribution in [0.1, 0.15) is 18.4 Å². The van der Waals surface area contributed by atoms with E-state index in [1.54, 1.807) is 0 Å². The van der Waals surface area contributed by atoms with Crippen molar-refractivity contribution in [3.05, 3.63) is 29.8 Å². The highest BCUT2D eigenvalue weighted by Crippen LogP contribution is 2.38. The number of benzene rings is 1. The molecular formula is C13H19NO2S2. The van der Waals surface area contributed by atoms with Gasteiger partial charge in [0.25, 0.3) is 0 Å². The number of nitrogens with two attached hydrogens (primary N) is 1. The lowest BCUT2D eigenvalue weighted by Gasteiger charge is -2.17. The minimum Gasteiger partial charge on any atom is -0.327 e. The number of hydrogen-bond donors (Lipinski definition) is 1. The minimum absolute atomic E-state index is 0.0733. The summed E-state index contributed by atoms with van der Waals surface area (Å²) in [4.78, 5) is 1.32. The molecule has 100 valence electrons. The van der Waals surface area contributed by atoms with Crippen molar-refractivity contribution in [3.8, 4) is 0 Å². The number of hydrogen-bond acceptors (Lipinski definition) is 4. The van der Waals surface area contributed by atoms with Crippen LogP contribution in [-0.4, -0.2) is 31.7 Å². The predicted molar refractivity (Wildman–Crippen MR) is 76.7 cm³/mol. The van der Waals surface area contributed by atoms with Gasteiger partial charge in [0.15, 0.2) is 0 Å². The molecule has 0 aliphatic carbocycles. The maximum Gasteiger partial charge on any atom is 0.147 e. The van der Waals surface area contributed by atoms with Crippen LogP contribution in [0.5, 0.6) is 0 Å². The van der Waals surface area contributed by atoms with Gasteiger partial charge in [0.2, 0.25) is 0 Å². The Kier molecular flexibility index (Phi) is 4.35. The second-order valence-corrected chi connectivity index (χ2v) is 8.44. The van der Waals surface area contributed by atoms with E-state index < -0.39 is 9.84 Å². The van der Waals surface area contributed by atoms with E-state index in [0.717, 1.165) is 12.8 Å². The van der Waals surface area contributed by atoms with Crippen LogP contribution in [0, 0.1) is 0 Å². The Bertz CT molecular complexity index is 488. The number of sulfone groups is 1. The Hall–Kier alpha value is -0.520. The van der Waals surface area contributed by atoms with Crippen LogP contribution in [0.4, 0.5) is 0 Å². The molecule has 0 bridgehead atoms. The van der Waals surface area contributed by atoms with Crippen LogP contribution >= 0.6 is 11.8 Å². The van der Waals surface area contributed by atoms with Gasteiger partial charge in [-0.25, -0.2) is 8.42 Å². The molecule has 0 fully saturated rings. The molecule has 1 heterocycles. The molecule has 0 saturated carbocycles. The summed E-state index contributed by atoms with van der Waals surface area (Å²) in [5.74, 6) is 0.241. The summed E-state index contributed by atoms with van der Waals surface area (Å²) in [6.45, 7) is 0. The number of thioether (sulfide) groups is 1. The van der Waals surface area contributed by atoms with Crippen LogP contribution in [0.25, 0.3) is 0 Å². The maximum atomic E-state index is 11.1. The molecule has 1 aromatic carbocycles. The van der Waals surface area contributed by atoms with E-state index in [-0.39, 0.29) is 11.8 Å². The highest BCUT2D eigenvalue weighted by Gasteiger charge is 2.26. The second-order valence-electron chi connectivity index (χ2n) is 4.90. The van der Waals surface area contributed by atoms with Gasteiger partial charge in [-0.1, -0.05) is 18.2 Å². The fourth-order valence-corrected chi connectivity index (χ4v) is 4.27. The van der Waals surface area contributed by atoms with Crippen molar-refractivity contribution in [1.82, 2.24) is 0 Å². The molecule has 0 spiro atoms. The lowest BCUT2D eigenvalue weighted by Crippen LogP contribution is -2.32. The van der Waals surface area contributed by atoms with Crippen LogP contribution < -0.4 is 5.73 Å². The molecular weight excluding hydrogens is 266 g/mol. The molecule has 2 N–H and O–H groups in total. The first kappa shape index (κ1) is 13.9. The lowest BCUT2D eigenvalue weighted by atomic mass is 10.0. The Balaban J connectivity index is 1.84. The van der Waals surface area contributed by atoms with Gasteiger partial charge in [-0.15, -0.1) is 11.8 Å². The molecule has 0 saturated heterocycles. The fraction of sp³-hybridized carbons (Fsp3) is 0.538. The molecule has 0 aromatic heterocycles. The average molecular weight is 285 g/mol. The van der Waals surface area contributed by atoms with Gasteiger partial charge in [0.1, 0.15) is 9.84 Å². The molecule has 1 aromatic rings. The summed E-state index contributed by atoms with van der Waals surface area (Å²) in [6.07, 6.45) is 3.71. The molecule has 5 heteroatoms. The first-order valence-corrected chi connectivity index (χ1v) is 9.07. The average Bonchev–Trinajstić information content (AvgIpc) is 2.70. The molecule has 0 radical (unpaired) electrons. The first-order chi connectivity index (χ1) is 8.46. The standard InChI is InChI=1S/C13H19NO2S2/c1-18(15,16)8-4-6-11(14)13-9-10-5-2-3-7-12(10)17-13/h2-3,5,7,11,13H,4,6,8-9,14H2,1H3. The summed E-state index contributed by atoms with van der Waals surface area (Å²) >= 11 is 1.83. The first-order valence-electron chi connectivity index (χ1n) is 6.13. The van der Waals surface area contributed by atoms with E-state index >= 15 is 0 Å². The van der Waals surface area contributed by atoms with Crippen molar-refractivity contribution < 1.29 is 8.42 Å². The van der Waals surface area contributed by atoms with Gasteiger partial charge >= 0.3 is 0 Å². The summed E-state index contributed by atoms with van der Waals surface area (Å²) in [5.41, 5.74) is 7.54. The third-order valence-corrected chi connectivity index (χ3v) is 5.70. The van der Waals surface area contributed by atoms with Crippen molar-refractivity contribution in [2.45, 2.75) is 35.4 Å². The molecule has 2 unspecified atom stereocenters. The Morgan fingerprint density at radius 3 is 2.83 bits per heavy atom. The molecule has 2 atom stereocenters. The van der Waals surface area contributed by atoms with E-state index in [1.165, 1.54) is 16.7 Å². The molecule has 3 nitrogen and oxygen atoms in total. The van der Waals surface area contributed by atoms with Crippen LogP contribution in [-0.2, 0) is 16.3 Å². The van der Waals surface area contributed by atoms with Gasteiger partial charge in [-0.05, 0) is 30.9 Å². The van der Waals surface area contributed by atoms with E-state index in [2.05, 4.69) is 18.2 Å². The second kappa shape index (κ2) is 5.63. The molecule has 2 rings (SSSR count). The number of fused-ring (bicyclic) bond motifs is 1.